The van der Waals surface area contributed by atoms with E-state index in [4.69, 9.17) is 25.8 Å². The summed E-state index contributed by atoms with van der Waals surface area (Å²) in [4.78, 5) is 11.9. The minimum atomic E-state index is 0. The first kappa shape index (κ1) is 19.1. The number of benzene rings is 1. The Kier molecular flexibility index (Phi) is 7.42. The van der Waals surface area contributed by atoms with Gasteiger partial charge in [0, 0.05) is 25.6 Å². The highest BCUT2D eigenvalue weighted by atomic mass is 35.5. The van der Waals surface area contributed by atoms with Gasteiger partial charge in [0.25, 0.3) is 0 Å². The molecule has 1 atom stereocenters. The number of halogens is 2. The number of ether oxygens (including phenoxy) is 3. The normalized spacial score (nSPS) is 19.3. The van der Waals surface area contributed by atoms with Crippen molar-refractivity contribution in [3.05, 3.63) is 22.7 Å². The second-order valence-electron chi connectivity index (χ2n) is 5.63. The summed E-state index contributed by atoms with van der Waals surface area (Å²) in [5, 5.41) is 6.74. The fraction of sp³-hybridized carbons (Fsp3) is 0.562. The highest BCUT2D eigenvalue weighted by molar-refractivity contribution is 6.32. The molecule has 0 spiro atoms. The van der Waals surface area contributed by atoms with Crippen LogP contribution in [0.3, 0.4) is 0 Å². The van der Waals surface area contributed by atoms with E-state index in [-0.39, 0.29) is 24.4 Å². The maximum Gasteiger partial charge on any atom is 0.221 e. The Morgan fingerprint density at radius 1 is 1.29 bits per heavy atom. The zero-order valence-corrected chi connectivity index (χ0v) is 14.9. The monoisotopic (exact) mass is 376 g/mol. The van der Waals surface area contributed by atoms with Crippen molar-refractivity contribution < 1.29 is 19.0 Å². The highest BCUT2D eigenvalue weighted by Gasteiger charge is 2.18. The molecule has 2 N–H and O–H groups in total. The van der Waals surface area contributed by atoms with Gasteiger partial charge in [-0.2, -0.15) is 0 Å². The van der Waals surface area contributed by atoms with E-state index in [1.807, 2.05) is 12.1 Å². The van der Waals surface area contributed by atoms with Crippen molar-refractivity contribution in [2.75, 3.05) is 39.5 Å². The van der Waals surface area contributed by atoms with Gasteiger partial charge in [-0.3, -0.25) is 4.79 Å². The lowest BCUT2D eigenvalue weighted by Gasteiger charge is -2.23. The van der Waals surface area contributed by atoms with Crippen LogP contribution in [0.4, 0.5) is 0 Å². The van der Waals surface area contributed by atoms with Crippen molar-refractivity contribution in [3.8, 4) is 11.5 Å². The lowest BCUT2D eigenvalue weighted by atomic mass is 10.1. The van der Waals surface area contributed by atoms with Gasteiger partial charge < -0.3 is 24.8 Å². The summed E-state index contributed by atoms with van der Waals surface area (Å²) >= 11 is 6.20. The van der Waals surface area contributed by atoms with Gasteiger partial charge in [0.2, 0.25) is 5.91 Å². The maximum atomic E-state index is 11.9. The van der Waals surface area contributed by atoms with Crippen molar-refractivity contribution in [1.29, 1.82) is 0 Å². The molecule has 2 aliphatic heterocycles. The van der Waals surface area contributed by atoms with Crippen LogP contribution >= 0.6 is 24.0 Å². The molecule has 1 fully saturated rings. The van der Waals surface area contributed by atoms with E-state index in [2.05, 4.69) is 10.6 Å². The molecule has 0 saturated carbocycles. The number of rotatable bonds is 5. The molecule has 6 nitrogen and oxygen atoms in total. The van der Waals surface area contributed by atoms with E-state index >= 15 is 0 Å². The van der Waals surface area contributed by atoms with Gasteiger partial charge in [-0.1, -0.05) is 11.6 Å². The SMILES string of the molecule is Cl.O=C(CC1COCCN1)NCCc1cc(Cl)c2c(c1)OCCO2. The third-order valence-electron chi connectivity index (χ3n) is 3.82. The molecule has 3 rings (SSSR count). The molecule has 1 aromatic rings. The van der Waals surface area contributed by atoms with Crippen LogP contribution in [0.2, 0.25) is 5.02 Å². The van der Waals surface area contributed by atoms with Crippen molar-refractivity contribution in [3.63, 3.8) is 0 Å². The number of carbonyl (C=O) groups excluding carboxylic acids is 1. The lowest BCUT2D eigenvalue weighted by molar-refractivity contribution is -0.122. The van der Waals surface area contributed by atoms with Gasteiger partial charge >= 0.3 is 0 Å². The van der Waals surface area contributed by atoms with Crippen LogP contribution in [0.5, 0.6) is 11.5 Å². The minimum absolute atomic E-state index is 0. The van der Waals surface area contributed by atoms with Crippen LogP contribution in [-0.4, -0.2) is 51.5 Å². The number of amides is 1. The molecule has 1 unspecified atom stereocenters. The molecule has 8 heteroatoms. The largest absolute Gasteiger partial charge is 0.486 e. The molecule has 1 aromatic carbocycles. The van der Waals surface area contributed by atoms with Crippen molar-refractivity contribution in [2.24, 2.45) is 0 Å². The standard InChI is InChI=1S/C16H21ClN2O4.ClH/c17-13-7-11(8-14-16(13)23-6-5-22-14)1-2-19-15(20)9-12-10-21-4-3-18-12;/h7-8,12,18H,1-6,9-10H2,(H,19,20);1H. The zero-order chi connectivity index (χ0) is 16.1. The summed E-state index contributed by atoms with van der Waals surface area (Å²) in [6, 6.07) is 3.88. The Hall–Kier alpha value is -1.21. The summed E-state index contributed by atoms with van der Waals surface area (Å²) in [6.07, 6.45) is 1.12. The first-order valence-electron chi connectivity index (χ1n) is 7.88. The molecule has 2 aliphatic rings. The number of nitrogens with one attached hydrogen (secondary N) is 2. The first-order chi connectivity index (χ1) is 11.2. The summed E-state index contributed by atoms with van der Waals surface area (Å²) in [6.45, 7) is 3.70. The van der Waals surface area contributed by atoms with Gasteiger partial charge in [0.05, 0.1) is 18.2 Å². The van der Waals surface area contributed by atoms with Gasteiger partial charge in [0.15, 0.2) is 11.5 Å². The van der Waals surface area contributed by atoms with E-state index in [9.17, 15) is 4.79 Å². The Balaban J connectivity index is 0.00000208. The van der Waals surface area contributed by atoms with E-state index in [0.29, 0.717) is 62.3 Å². The molecule has 24 heavy (non-hydrogen) atoms. The topological polar surface area (TPSA) is 68.8 Å². The fourth-order valence-corrected chi connectivity index (χ4v) is 2.99. The zero-order valence-electron chi connectivity index (χ0n) is 13.3. The molecule has 0 aliphatic carbocycles. The Bertz CT molecular complexity index is 565. The molecule has 0 radical (unpaired) electrons. The van der Waals surface area contributed by atoms with Crippen LogP contribution in [0.15, 0.2) is 12.1 Å². The second kappa shape index (κ2) is 9.32. The molecule has 2 heterocycles. The number of fused-ring (bicyclic) bond motifs is 1. The number of hydrogen-bond acceptors (Lipinski definition) is 5. The quantitative estimate of drug-likeness (QED) is 0.816. The highest BCUT2D eigenvalue weighted by Crippen LogP contribution is 2.38. The van der Waals surface area contributed by atoms with Gasteiger partial charge in [-0.25, -0.2) is 0 Å². The average molecular weight is 377 g/mol. The van der Waals surface area contributed by atoms with Crippen LogP contribution < -0.4 is 20.1 Å². The lowest BCUT2D eigenvalue weighted by Crippen LogP contribution is -2.44. The Labute approximate surface area is 152 Å². The summed E-state index contributed by atoms with van der Waals surface area (Å²) in [5.74, 6) is 1.30. The van der Waals surface area contributed by atoms with E-state index in [0.717, 1.165) is 12.1 Å². The van der Waals surface area contributed by atoms with Crippen LogP contribution in [0.25, 0.3) is 0 Å². The maximum absolute atomic E-state index is 11.9. The van der Waals surface area contributed by atoms with Gasteiger partial charge in [0.1, 0.15) is 13.2 Å². The summed E-state index contributed by atoms with van der Waals surface area (Å²) in [7, 11) is 0. The van der Waals surface area contributed by atoms with Crippen molar-refractivity contribution in [1.82, 2.24) is 10.6 Å². The summed E-state index contributed by atoms with van der Waals surface area (Å²) < 4.78 is 16.4. The molecular weight excluding hydrogens is 355 g/mol. The number of carbonyl (C=O) groups is 1. The van der Waals surface area contributed by atoms with Crippen molar-refractivity contribution in [2.45, 2.75) is 18.9 Å². The molecular formula is C16H22Cl2N2O4. The van der Waals surface area contributed by atoms with Gasteiger partial charge in [-0.05, 0) is 24.1 Å². The summed E-state index contributed by atoms with van der Waals surface area (Å²) in [5.41, 5.74) is 1.01. The number of hydrogen-bond donors (Lipinski definition) is 2. The molecule has 0 bridgehead atoms. The molecule has 1 saturated heterocycles. The average Bonchev–Trinajstić information content (AvgIpc) is 2.56. The van der Waals surface area contributed by atoms with E-state index < -0.39 is 0 Å². The second-order valence-corrected chi connectivity index (χ2v) is 6.04. The predicted octanol–water partition coefficient (Wildman–Crippen LogP) is 1.57. The van der Waals surface area contributed by atoms with Crippen LogP contribution in [-0.2, 0) is 16.0 Å². The van der Waals surface area contributed by atoms with E-state index in [1.165, 1.54) is 0 Å². The molecule has 0 aromatic heterocycles. The fourth-order valence-electron chi connectivity index (χ4n) is 2.70. The Morgan fingerprint density at radius 3 is 2.92 bits per heavy atom. The predicted molar refractivity (Wildman–Crippen MR) is 93.6 cm³/mol. The third kappa shape index (κ3) is 5.14. The van der Waals surface area contributed by atoms with E-state index in [1.54, 1.807) is 0 Å². The Morgan fingerprint density at radius 2 is 2.12 bits per heavy atom. The minimum Gasteiger partial charge on any atom is -0.486 e. The third-order valence-corrected chi connectivity index (χ3v) is 4.10. The van der Waals surface area contributed by atoms with Gasteiger partial charge in [-0.15, -0.1) is 12.4 Å². The molecule has 1 amide bonds. The van der Waals surface area contributed by atoms with Crippen LogP contribution in [0, 0.1) is 0 Å². The van der Waals surface area contributed by atoms with Crippen LogP contribution in [0.1, 0.15) is 12.0 Å². The number of morpholine rings is 1. The first-order valence-corrected chi connectivity index (χ1v) is 8.26. The van der Waals surface area contributed by atoms with Crippen molar-refractivity contribution >= 4 is 29.9 Å². The molecule has 134 valence electrons. The smallest absolute Gasteiger partial charge is 0.221 e.